The van der Waals surface area contributed by atoms with Gasteiger partial charge in [-0.05, 0) is 118 Å². The Hall–Kier alpha value is -5.02. The standard InChI is InChI=1S/C53H72N4O16S4/c1-52(2)42-36-40(74-73-72-61)23-25-44(42)55(32-13-15-34-75(62,63)64)46(52)27-21-38-18-17-19-39(51(38)54-31-12-10-8-6-5-7-9-11-20-50(60)71-57-48(58)29-30-49(57)59)22-28-47-53(3,4)43-37-41(77(68,69)70)24-26-45(43)56(47)33-14-16-35-76(65,66)67/h21-30,36-37H,5-20,31-35H2,1-4H3,(H6,58,59,61,62,63,64,65,66,67,68,69,70)/p+1. The van der Waals surface area contributed by atoms with Crippen LogP contribution in [0.25, 0.3) is 0 Å². The van der Waals surface area contributed by atoms with Crippen LogP contribution in [0.1, 0.15) is 142 Å². The zero-order chi connectivity index (χ0) is 56.2. The van der Waals surface area contributed by atoms with E-state index < -0.39 is 52.9 Å². The Balaban J connectivity index is 1.26. The fourth-order valence-electron chi connectivity index (χ4n) is 10.3. The van der Waals surface area contributed by atoms with Crippen molar-refractivity contribution in [2.45, 2.75) is 151 Å². The van der Waals surface area contributed by atoms with Gasteiger partial charge in [-0.25, -0.2) is 10.1 Å². The van der Waals surface area contributed by atoms with E-state index in [4.69, 9.17) is 14.4 Å². The summed E-state index contributed by atoms with van der Waals surface area (Å²) in [7, 11) is -12.9. The molecule has 0 unspecified atom stereocenters. The number of anilines is 1. The van der Waals surface area contributed by atoms with Crippen LogP contribution in [0.15, 0.2) is 105 Å². The van der Waals surface area contributed by atoms with Crippen LogP contribution < -0.4 is 15.1 Å². The van der Waals surface area contributed by atoms with Gasteiger partial charge >= 0.3 is 5.97 Å². The van der Waals surface area contributed by atoms with Crippen LogP contribution in [0.4, 0.5) is 11.4 Å². The third-order valence-corrected chi connectivity index (χ3v) is 17.3. The number of allylic oxidation sites excluding steroid dienone is 7. The zero-order valence-electron chi connectivity index (χ0n) is 44.0. The van der Waals surface area contributed by atoms with Gasteiger partial charge in [0.15, 0.2) is 5.71 Å². The Morgan fingerprint density at radius 3 is 2.04 bits per heavy atom. The molecule has 0 spiro atoms. The van der Waals surface area contributed by atoms with Gasteiger partial charge in [0.1, 0.15) is 6.54 Å². The van der Waals surface area contributed by atoms with Crippen molar-refractivity contribution in [2.24, 2.45) is 0 Å². The summed E-state index contributed by atoms with van der Waals surface area (Å²) >= 11 is 0.853. The third kappa shape index (κ3) is 16.8. The van der Waals surface area contributed by atoms with E-state index in [1.54, 1.807) is 6.07 Å². The fraction of sp³-hybridized carbons (Fsp3) is 0.509. The molecule has 0 radical (unpaired) electrons. The van der Waals surface area contributed by atoms with Crippen LogP contribution in [0.3, 0.4) is 0 Å². The second-order valence-electron chi connectivity index (χ2n) is 20.6. The molecule has 3 aliphatic rings. The van der Waals surface area contributed by atoms with E-state index in [9.17, 15) is 53.9 Å². The highest BCUT2D eigenvalue weighted by Crippen LogP contribution is 2.49. The van der Waals surface area contributed by atoms with Gasteiger partial charge in [0.2, 0.25) is 17.4 Å². The van der Waals surface area contributed by atoms with Gasteiger partial charge in [0, 0.05) is 83.2 Å². The first kappa shape index (κ1) is 61.2. The molecule has 1 aromatic heterocycles. The van der Waals surface area contributed by atoms with E-state index in [1.807, 2.05) is 43.0 Å². The average molecular weight is 1150 g/mol. The molecule has 24 heteroatoms. The molecule has 20 nitrogen and oxygen atoms in total. The van der Waals surface area contributed by atoms with Crippen molar-refractivity contribution in [1.82, 2.24) is 10.0 Å². The number of aromatic nitrogens is 1. The quantitative estimate of drug-likeness (QED) is 0.00816. The Bertz CT molecular complexity index is 3080. The first-order chi connectivity index (χ1) is 36.3. The number of benzene rings is 2. The van der Waals surface area contributed by atoms with Gasteiger partial charge in [0.05, 0.1) is 33.9 Å². The van der Waals surface area contributed by atoms with Crippen LogP contribution in [-0.4, -0.2) is 107 Å². The van der Waals surface area contributed by atoms with Gasteiger partial charge < -0.3 is 25.3 Å². The van der Waals surface area contributed by atoms with Crippen molar-refractivity contribution in [2.75, 3.05) is 36.0 Å². The molecular weight excluding hydrogens is 1080 g/mol. The van der Waals surface area contributed by atoms with Crippen molar-refractivity contribution in [3.63, 3.8) is 0 Å². The molecular formula is C53H73N4O16S4+. The predicted molar refractivity (Wildman–Crippen MR) is 293 cm³/mol. The van der Waals surface area contributed by atoms with Crippen molar-refractivity contribution in [3.05, 3.63) is 107 Å². The lowest BCUT2D eigenvalue weighted by atomic mass is 9.81. The average Bonchev–Trinajstić information content (AvgIpc) is 3.97. The SMILES string of the molecule is CC1(C)C(=CC=C2CCCC(C=CC3=[N+](CCCCS(=O)(=O)O)c4ccc(SOOO)cc4C3(C)C)=C2NCCCCCCCCCCC(=O)On2c(O)ccc2O)N(CCCCS(=O)(=O)O)c2ccc(S(=O)(=O)O)cc21. The minimum atomic E-state index is -4.52. The summed E-state index contributed by atoms with van der Waals surface area (Å²) in [6.45, 7) is 9.66. The lowest BCUT2D eigenvalue weighted by molar-refractivity contribution is -0.438. The molecule has 0 amide bonds. The van der Waals surface area contributed by atoms with Gasteiger partial charge in [-0.2, -0.15) is 29.8 Å². The largest absolute Gasteiger partial charge is 0.492 e. The monoisotopic (exact) mass is 1150 g/mol. The van der Waals surface area contributed by atoms with Crippen molar-refractivity contribution >= 4 is 65.5 Å². The number of carbonyl (C=O) groups excluding carboxylic acids is 1. The van der Waals surface area contributed by atoms with Gasteiger partial charge in [-0.3, -0.25) is 13.7 Å². The smallest absolute Gasteiger partial charge is 0.333 e. The summed E-state index contributed by atoms with van der Waals surface area (Å²) in [4.78, 5) is 19.7. The summed E-state index contributed by atoms with van der Waals surface area (Å²) in [5, 5.41) is 35.9. The molecule has 0 saturated carbocycles. The highest BCUT2D eigenvalue weighted by molar-refractivity contribution is 7.94. The number of hydrogen-bond acceptors (Lipinski definition) is 16. The number of fused-ring (bicyclic) bond motifs is 2. The number of unbranched alkanes of at least 4 members (excludes halogenated alkanes) is 9. The molecule has 7 N–H and O–H groups in total. The minimum absolute atomic E-state index is 0.158. The predicted octanol–water partition coefficient (Wildman–Crippen LogP) is 9.64. The number of nitrogens with one attached hydrogen (secondary N) is 1. The number of rotatable bonds is 30. The number of carbonyl (C=O) groups is 1. The molecule has 6 rings (SSSR count). The van der Waals surface area contributed by atoms with E-state index in [-0.39, 0.29) is 41.7 Å². The molecule has 3 aromatic rings. The van der Waals surface area contributed by atoms with E-state index in [0.717, 1.165) is 121 Å². The maximum absolute atomic E-state index is 12.3. The molecule has 1 aliphatic carbocycles. The molecule has 77 heavy (non-hydrogen) atoms. The molecule has 0 bridgehead atoms. The molecule has 0 fully saturated rings. The van der Waals surface area contributed by atoms with E-state index in [0.29, 0.717) is 54.1 Å². The van der Waals surface area contributed by atoms with E-state index in [1.165, 1.54) is 24.3 Å². The first-order valence-corrected chi connectivity index (χ1v) is 31.3. The van der Waals surface area contributed by atoms with Crippen LogP contribution in [0.5, 0.6) is 11.8 Å². The Morgan fingerprint density at radius 2 is 1.39 bits per heavy atom. The third-order valence-electron chi connectivity index (χ3n) is 14.3. The molecule has 2 aromatic carbocycles. The lowest BCUT2D eigenvalue weighted by Crippen LogP contribution is -2.28. The number of hydrogen-bond donors (Lipinski definition) is 7. The fourth-order valence-corrected chi connectivity index (χ4v) is 12.4. The minimum Gasteiger partial charge on any atom is -0.492 e. The molecule has 2 aliphatic heterocycles. The van der Waals surface area contributed by atoms with Crippen molar-refractivity contribution in [1.29, 1.82) is 0 Å². The molecule has 424 valence electrons. The maximum atomic E-state index is 12.3. The first-order valence-electron chi connectivity index (χ1n) is 25.9. The summed E-state index contributed by atoms with van der Waals surface area (Å²) in [6.07, 6.45) is 19.4. The van der Waals surface area contributed by atoms with Crippen LogP contribution in [-0.2, 0) is 55.4 Å². The van der Waals surface area contributed by atoms with Crippen LogP contribution in [0, 0.1) is 0 Å². The van der Waals surface area contributed by atoms with E-state index >= 15 is 0 Å². The summed E-state index contributed by atoms with van der Waals surface area (Å²) in [5.41, 5.74) is 6.85. The normalized spacial score (nSPS) is 17.5. The Morgan fingerprint density at radius 1 is 0.740 bits per heavy atom. The molecule has 0 saturated heterocycles. The van der Waals surface area contributed by atoms with Gasteiger partial charge in [-0.15, -0.1) is 9.06 Å². The summed E-state index contributed by atoms with van der Waals surface area (Å²) in [5.74, 6) is -2.04. The van der Waals surface area contributed by atoms with E-state index in [2.05, 4.69) is 47.0 Å². The van der Waals surface area contributed by atoms with Crippen molar-refractivity contribution in [3.8, 4) is 11.8 Å². The Labute approximate surface area is 456 Å². The summed E-state index contributed by atoms with van der Waals surface area (Å²) < 4.78 is 108. The molecule has 0 atom stereocenters. The second-order valence-corrected chi connectivity index (χ2v) is 26.0. The second kappa shape index (κ2) is 26.8. The lowest BCUT2D eigenvalue weighted by Gasteiger charge is -2.28. The Kier molecular flexibility index (Phi) is 21.3. The topological polar surface area (TPSA) is 292 Å². The summed E-state index contributed by atoms with van der Waals surface area (Å²) in [6, 6.07) is 12.7. The van der Waals surface area contributed by atoms with Crippen LogP contribution >= 0.6 is 12.0 Å². The van der Waals surface area contributed by atoms with Crippen LogP contribution in [0.2, 0.25) is 0 Å². The number of nitrogens with zero attached hydrogens (tertiary/aromatic N) is 3. The van der Waals surface area contributed by atoms with Gasteiger partial charge in [0.25, 0.3) is 30.4 Å². The highest BCUT2D eigenvalue weighted by Gasteiger charge is 2.45. The highest BCUT2D eigenvalue weighted by atomic mass is 32.2. The zero-order valence-corrected chi connectivity index (χ0v) is 47.3. The van der Waals surface area contributed by atoms with Crippen molar-refractivity contribution < 1.29 is 78.0 Å². The van der Waals surface area contributed by atoms with Gasteiger partial charge in [-0.1, -0.05) is 69.6 Å². The maximum Gasteiger partial charge on any atom is 0.333 e. The number of aromatic hydroxyl groups is 2. The molecule has 3 heterocycles.